The number of ether oxygens (including phenoxy) is 1. The van der Waals surface area contributed by atoms with E-state index in [4.69, 9.17) is 10.5 Å². The van der Waals surface area contributed by atoms with Crippen LogP contribution < -0.4 is 15.8 Å². The van der Waals surface area contributed by atoms with Gasteiger partial charge in [0.25, 0.3) is 0 Å². The van der Waals surface area contributed by atoms with E-state index in [1.807, 2.05) is 29.2 Å². The van der Waals surface area contributed by atoms with Crippen LogP contribution in [0.2, 0.25) is 0 Å². The Morgan fingerprint density at radius 1 is 1.23 bits per heavy atom. The average Bonchev–Trinajstić information content (AvgIpc) is 2.67. The molecule has 1 atom stereocenters. The molecule has 1 unspecified atom stereocenters. The van der Waals surface area contributed by atoms with E-state index in [1.54, 1.807) is 7.11 Å². The molecule has 0 saturated carbocycles. The number of hydrogen-bond acceptors (Lipinski definition) is 4. The summed E-state index contributed by atoms with van der Waals surface area (Å²) in [5.41, 5.74) is 6.61. The van der Waals surface area contributed by atoms with Crippen LogP contribution in [0.3, 0.4) is 0 Å². The first-order chi connectivity index (χ1) is 12.6. The van der Waals surface area contributed by atoms with Gasteiger partial charge in [-0.15, -0.1) is 0 Å². The molecule has 0 aromatic heterocycles. The zero-order valence-electron chi connectivity index (χ0n) is 15.7. The molecule has 1 heterocycles. The van der Waals surface area contributed by atoms with Crippen LogP contribution in [-0.2, 0) is 16.0 Å². The molecule has 26 heavy (non-hydrogen) atoms. The number of piperidine rings is 1. The highest BCUT2D eigenvalue weighted by molar-refractivity contribution is 5.77. The lowest BCUT2D eigenvalue weighted by atomic mass is 10.0. The number of aryl methyl sites for hydroxylation is 1. The minimum Gasteiger partial charge on any atom is -0.497 e. The minimum atomic E-state index is -0.0371. The molecule has 1 aliphatic heterocycles. The third-order valence-corrected chi connectivity index (χ3v) is 4.87. The van der Waals surface area contributed by atoms with Crippen LogP contribution in [0.1, 0.15) is 44.1 Å². The van der Waals surface area contributed by atoms with E-state index in [1.165, 1.54) is 5.56 Å². The quantitative estimate of drug-likeness (QED) is 0.703. The first-order valence-electron chi connectivity index (χ1n) is 9.53. The van der Waals surface area contributed by atoms with E-state index in [-0.39, 0.29) is 17.9 Å². The molecule has 1 aliphatic rings. The van der Waals surface area contributed by atoms with E-state index in [2.05, 4.69) is 5.32 Å². The van der Waals surface area contributed by atoms with Crippen LogP contribution in [0, 0.1) is 0 Å². The van der Waals surface area contributed by atoms with Gasteiger partial charge in [-0.25, -0.2) is 0 Å². The minimum absolute atomic E-state index is 0.0371. The van der Waals surface area contributed by atoms with Crippen LogP contribution in [0.5, 0.6) is 5.75 Å². The predicted molar refractivity (Wildman–Crippen MR) is 102 cm³/mol. The van der Waals surface area contributed by atoms with Crippen LogP contribution in [-0.4, -0.2) is 49.5 Å². The maximum atomic E-state index is 12.6. The van der Waals surface area contributed by atoms with Crippen molar-refractivity contribution in [1.82, 2.24) is 10.2 Å². The second kappa shape index (κ2) is 10.8. The first-order valence-corrected chi connectivity index (χ1v) is 9.53. The van der Waals surface area contributed by atoms with Gasteiger partial charge >= 0.3 is 0 Å². The standard InChI is InChI=1S/C20H31N3O3/c1-26-18-10-8-16(9-11-18)5-4-7-20(25)23-14-3-2-6-17(23)15-22-19(24)12-13-21/h8-11,17H,2-7,12-15,21H2,1H3,(H,22,24). The first kappa shape index (κ1) is 20.2. The zero-order valence-corrected chi connectivity index (χ0v) is 15.7. The number of nitrogens with two attached hydrogens (primary N) is 1. The molecule has 0 spiro atoms. The van der Waals surface area contributed by atoms with E-state index >= 15 is 0 Å². The number of nitrogens with one attached hydrogen (secondary N) is 1. The Bertz CT molecular complexity index is 574. The van der Waals surface area contributed by atoms with Crippen molar-refractivity contribution in [2.45, 2.75) is 51.0 Å². The number of rotatable bonds is 9. The van der Waals surface area contributed by atoms with Crippen LogP contribution >= 0.6 is 0 Å². The number of nitrogens with zero attached hydrogens (tertiary/aromatic N) is 1. The van der Waals surface area contributed by atoms with E-state index in [9.17, 15) is 9.59 Å². The van der Waals surface area contributed by atoms with E-state index in [0.29, 0.717) is 25.9 Å². The normalized spacial score (nSPS) is 17.0. The highest BCUT2D eigenvalue weighted by Gasteiger charge is 2.26. The van der Waals surface area contributed by atoms with Crippen molar-refractivity contribution in [3.8, 4) is 5.75 Å². The summed E-state index contributed by atoms with van der Waals surface area (Å²) in [6.45, 7) is 1.67. The number of benzene rings is 1. The van der Waals surface area contributed by atoms with Gasteiger partial charge < -0.3 is 20.7 Å². The lowest BCUT2D eigenvalue weighted by Crippen LogP contribution is -2.49. The van der Waals surface area contributed by atoms with Gasteiger partial charge in [0.1, 0.15) is 5.75 Å². The van der Waals surface area contributed by atoms with Gasteiger partial charge in [-0.2, -0.15) is 0 Å². The molecule has 3 N–H and O–H groups in total. The SMILES string of the molecule is COc1ccc(CCCC(=O)N2CCCCC2CNC(=O)CCN)cc1. The second-order valence-corrected chi connectivity index (χ2v) is 6.78. The Morgan fingerprint density at radius 3 is 2.69 bits per heavy atom. The largest absolute Gasteiger partial charge is 0.497 e. The van der Waals surface area contributed by atoms with Gasteiger partial charge in [0.15, 0.2) is 0 Å². The summed E-state index contributed by atoms with van der Waals surface area (Å²) in [5.74, 6) is 0.999. The lowest BCUT2D eigenvalue weighted by molar-refractivity contribution is -0.135. The Hall–Kier alpha value is -2.08. The molecule has 2 amide bonds. The van der Waals surface area contributed by atoms with Gasteiger partial charge in [-0.05, 0) is 49.8 Å². The van der Waals surface area contributed by atoms with E-state index < -0.39 is 0 Å². The van der Waals surface area contributed by atoms with Crippen molar-refractivity contribution in [2.24, 2.45) is 5.73 Å². The van der Waals surface area contributed by atoms with Crippen molar-refractivity contribution in [3.05, 3.63) is 29.8 Å². The van der Waals surface area contributed by atoms with Gasteiger partial charge in [0.2, 0.25) is 11.8 Å². The molecular formula is C20H31N3O3. The predicted octanol–water partition coefficient (Wildman–Crippen LogP) is 1.86. The molecule has 6 heteroatoms. The van der Waals surface area contributed by atoms with Gasteiger partial charge in [0.05, 0.1) is 7.11 Å². The molecule has 0 radical (unpaired) electrons. The Balaban J connectivity index is 1.78. The van der Waals surface area contributed by atoms with Crippen molar-refractivity contribution < 1.29 is 14.3 Å². The van der Waals surface area contributed by atoms with Gasteiger partial charge in [-0.3, -0.25) is 9.59 Å². The fourth-order valence-corrected chi connectivity index (χ4v) is 3.37. The monoisotopic (exact) mass is 361 g/mol. The maximum Gasteiger partial charge on any atom is 0.222 e. The summed E-state index contributed by atoms with van der Waals surface area (Å²) >= 11 is 0. The van der Waals surface area contributed by atoms with Crippen molar-refractivity contribution in [2.75, 3.05) is 26.7 Å². The number of hydrogen-bond donors (Lipinski definition) is 2. The topological polar surface area (TPSA) is 84.7 Å². The fraction of sp³-hybridized carbons (Fsp3) is 0.600. The maximum absolute atomic E-state index is 12.6. The van der Waals surface area contributed by atoms with Gasteiger partial charge in [0, 0.05) is 38.5 Å². The molecule has 0 aliphatic carbocycles. The molecule has 0 bridgehead atoms. The Morgan fingerprint density at radius 2 is 2.00 bits per heavy atom. The zero-order chi connectivity index (χ0) is 18.8. The summed E-state index contributed by atoms with van der Waals surface area (Å²) in [4.78, 5) is 26.2. The summed E-state index contributed by atoms with van der Waals surface area (Å²) < 4.78 is 5.16. The molecule has 6 nitrogen and oxygen atoms in total. The molecule has 1 fully saturated rings. The van der Waals surface area contributed by atoms with Crippen LogP contribution in [0.25, 0.3) is 0 Å². The second-order valence-electron chi connectivity index (χ2n) is 6.78. The van der Waals surface area contributed by atoms with Crippen LogP contribution in [0.15, 0.2) is 24.3 Å². The highest BCUT2D eigenvalue weighted by Crippen LogP contribution is 2.19. The van der Waals surface area contributed by atoms with E-state index in [0.717, 1.165) is 44.4 Å². The molecule has 2 rings (SSSR count). The number of methoxy groups -OCH3 is 1. The third-order valence-electron chi connectivity index (χ3n) is 4.87. The Labute approximate surface area is 156 Å². The number of amides is 2. The summed E-state index contributed by atoms with van der Waals surface area (Å²) in [6, 6.07) is 8.09. The van der Waals surface area contributed by atoms with Crippen LogP contribution in [0.4, 0.5) is 0 Å². The van der Waals surface area contributed by atoms with Gasteiger partial charge in [-0.1, -0.05) is 12.1 Å². The molecular weight excluding hydrogens is 330 g/mol. The van der Waals surface area contributed by atoms with Crippen molar-refractivity contribution in [3.63, 3.8) is 0 Å². The number of carbonyl (C=O) groups is 2. The van der Waals surface area contributed by atoms with Crippen molar-refractivity contribution >= 4 is 11.8 Å². The third kappa shape index (κ3) is 6.33. The van der Waals surface area contributed by atoms with Crippen molar-refractivity contribution in [1.29, 1.82) is 0 Å². The summed E-state index contributed by atoms with van der Waals surface area (Å²) in [5, 5.41) is 2.91. The Kier molecular flexibility index (Phi) is 8.41. The number of likely N-dealkylation sites (tertiary alicyclic amines) is 1. The summed E-state index contributed by atoms with van der Waals surface area (Å²) in [6.07, 6.45) is 5.68. The lowest BCUT2D eigenvalue weighted by Gasteiger charge is -2.36. The fourth-order valence-electron chi connectivity index (χ4n) is 3.37. The molecule has 1 aromatic rings. The number of carbonyl (C=O) groups excluding carboxylic acids is 2. The molecule has 1 aromatic carbocycles. The molecule has 144 valence electrons. The highest BCUT2D eigenvalue weighted by atomic mass is 16.5. The smallest absolute Gasteiger partial charge is 0.222 e. The average molecular weight is 361 g/mol. The summed E-state index contributed by atoms with van der Waals surface area (Å²) in [7, 11) is 1.65. The molecule has 1 saturated heterocycles.